The summed E-state index contributed by atoms with van der Waals surface area (Å²) in [5, 5.41) is 31.1. The van der Waals surface area contributed by atoms with Gasteiger partial charge in [-0.3, -0.25) is 4.90 Å². The lowest BCUT2D eigenvalue weighted by molar-refractivity contribution is -0.0741. The maximum absolute atomic E-state index is 12.7. The van der Waals surface area contributed by atoms with Gasteiger partial charge in [-0.25, -0.2) is 4.79 Å². The Morgan fingerprint density at radius 1 is 1.04 bits per heavy atom. The minimum atomic E-state index is -1.02. The second-order valence-corrected chi connectivity index (χ2v) is 7.16. The Bertz CT molecular complexity index is 784. The molecule has 1 heterocycles. The van der Waals surface area contributed by atoms with E-state index in [2.05, 4.69) is 0 Å². The minimum absolute atomic E-state index is 0.199. The summed E-state index contributed by atoms with van der Waals surface area (Å²) in [6.07, 6.45) is -2.93. The Morgan fingerprint density at radius 2 is 1.67 bits per heavy atom. The third-order valence-corrected chi connectivity index (χ3v) is 5.66. The number of rotatable bonds is 4. The van der Waals surface area contributed by atoms with Crippen LogP contribution < -0.4 is 0 Å². The molecule has 2 fully saturated rings. The van der Waals surface area contributed by atoms with E-state index in [1.165, 1.54) is 4.90 Å². The van der Waals surface area contributed by atoms with Gasteiger partial charge in [-0.15, -0.1) is 0 Å². The molecule has 0 bridgehead atoms. The summed E-state index contributed by atoms with van der Waals surface area (Å²) in [4.78, 5) is 14.3. The van der Waals surface area contributed by atoms with E-state index >= 15 is 0 Å². The molecule has 6 atom stereocenters. The van der Waals surface area contributed by atoms with Crippen molar-refractivity contribution in [1.82, 2.24) is 4.90 Å². The number of carbonyl (C=O) groups excluding carboxylic acids is 1. The molecule has 0 radical (unpaired) electrons. The molecular formula is C21H23NO5. The van der Waals surface area contributed by atoms with Crippen molar-refractivity contribution in [1.29, 1.82) is 0 Å². The van der Waals surface area contributed by atoms with Crippen LogP contribution in [0.4, 0.5) is 4.79 Å². The number of aliphatic hydroxyl groups excluding tert-OH is 3. The van der Waals surface area contributed by atoms with Crippen LogP contribution >= 0.6 is 0 Å². The number of ether oxygens (including phenoxy) is 1. The van der Waals surface area contributed by atoms with Crippen molar-refractivity contribution < 1.29 is 24.9 Å². The van der Waals surface area contributed by atoms with Crippen LogP contribution in [0.1, 0.15) is 29.5 Å². The minimum Gasteiger partial charge on any atom is -0.443 e. The van der Waals surface area contributed by atoms with Gasteiger partial charge in [0.05, 0.1) is 36.8 Å². The van der Waals surface area contributed by atoms with Crippen LogP contribution in [0, 0.1) is 0 Å². The molecule has 2 aromatic carbocycles. The van der Waals surface area contributed by atoms with Crippen molar-refractivity contribution >= 4 is 6.09 Å². The number of carbonyl (C=O) groups is 1. The first-order chi connectivity index (χ1) is 13.1. The summed E-state index contributed by atoms with van der Waals surface area (Å²) in [7, 11) is 0. The average Bonchev–Trinajstić information content (AvgIpc) is 3.00. The van der Waals surface area contributed by atoms with E-state index in [-0.39, 0.29) is 13.0 Å². The van der Waals surface area contributed by atoms with E-state index in [1.54, 1.807) is 0 Å². The lowest BCUT2D eigenvalue weighted by Gasteiger charge is -2.41. The molecule has 142 valence electrons. The fourth-order valence-corrected chi connectivity index (χ4v) is 4.38. The molecule has 2 aliphatic rings. The summed E-state index contributed by atoms with van der Waals surface area (Å²) >= 11 is 0. The molecule has 1 saturated heterocycles. The predicted octanol–water partition coefficient (Wildman–Crippen LogP) is 1.82. The first-order valence-corrected chi connectivity index (χ1v) is 9.17. The molecule has 2 aromatic rings. The first kappa shape index (κ1) is 18.0. The Kier molecular flexibility index (Phi) is 4.86. The zero-order chi connectivity index (χ0) is 19.0. The second-order valence-electron chi connectivity index (χ2n) is 7.16. The van der Waals surface area contributed by atoms with Gasteiger partial charge >= 0.3 is 6.09 Å². The maximum Gasteiger partial charge on any atom is 0.411 e. The van der Waals surface area contributed by atoms with Crippen molar-refractivity contribution in [2.24, 2.45) is 0 Å². The third kappa shape index (κ3) is 3.10. The maximum atomic E-state index is 12.7. The quantitative estimate of drug-likeness (QED) is 0.765. The van der Waals surface area contributed by atoms with Crippen LogP contribution in [0.3, 0.4) is 0 Å². The highest BCUT2D eigenvalue weighted by atomic mass is 16.6. The van der Waals surface area contributed by atoms with E-state index in [1.807, 2.05) is 60.7 Å². The Balaban J connectivity index is 1.70. The smallest absolute Gasteiger partial charge is 0.411 e. The lowest BCUT2D eigenvalue weighted by atomic mass is 9.75. The third-order valence-electron chi connectivity index (χ3n) is 5.66. The van der Waals surface area contributed by atoms with E-state index in [0.717, 1.165) is 11.1 Å². The standard InChI is InChI=1S/C21H23NO5/c23-12-16(13-7-3-1-4-8-13)22-15-11-17(24)19(25)18(20(15)27-21(22)26)14-9-5-2-6-10-14/h1-10,15-20,23-25H,11-12H2/t15-,16+,17-,18+,19-,20+/m0/s1. The summed E-state index contributed by atoms with van der Waals surface area (Å²) < 4.78 is 5.67. The van der Waals surface area contributed by atoms with Crippen LogP contribution in [0.5, 0.6) is 0 Å². The predicted molar refractivity (Wildman–Crippen MR) is 98.0 cm³/mol. The van der Waals surface area contributed by atoms with Gasteiger partial charge in [0.15, 0.2) is 0 Å². The summed E-state index contributed by atoms with van der Waals surface area (Å²) in [5.41, 5.74) is 1.61. The van der Waals surface area contributed by atoms with Gasteiger partial charge < -0.3 is 20.1 Å². The molecule has 1 amide bonds. The molecule has 6 heteroatoms. The molecule has 0 unspecified atom stereocenters. The van der Waals surface area contributed by atoms with Gasteiger partial charge in [0, 0.05) is 6.42 Å². The van der Waals surface area contributed by atoms with Crippen molar-refractivity contribution in [3.05, 3.63) is 71.8 Å². The zero-order valence-corrected chi connectivity index (χ0v) is 14.8. The van der Waals surface area contributed by atoms with Crippen LogP contribution in [0.15, 0.2) is 60.7 Å². The molecule has 6 nitrogen and oxygen atoms in total. The number of aliphatic hydroxyl groups is 3. The van der Waals surface area contributed by atoms with E-state index in [9.17, 15) is 20.1 Å². The highest BCUT2D eigenvalue weighted by Crippen LogP contribution is 2.44. The summed E-state index contributed by atoms with van der Waals surface area (Å²) in [6, 6.07) is 17.6. The normalized spacial score (nSPS) is 31.3. The number of nitrogens with zero attached hydrogens (tertiary/aromatic N) is 1. The number of fused-ring (bicyclic) bond motifs is 1. The lowest BCUT2D eigenvalue weighted by Crippen LogP contribution is -2.53. The molecule has 4 rings (SSSR count). The van der Waals surface area contributed by atoms with Gasteiger partial charge in [-0.2, -0.15) is 0 Å². The van der Waals surface area contributed by atoms with Gasteiger partial charge in [-0.1, -0.05) is 60.7 Å². The molecule has 0 spiro atoms. The molecule has 1 aliphatic carbocycles. The van der Waals surface area contributed by atoms with Crippen LogP contribution in [0.2, 0.25) is 0 Å². The molecule has 0 aromatic heterocycles. The Hall–Kier alpha value is -2.41. The van der Waals surface area contributed by atoms with Crippen LogP contribution in [0.25, 0.3) is 0 Å². The van der Waals surface area contributed by atoms with Crippen molar-refractivity contribution in [3.63, 3.8) is 0 Å². The topological polar surface area (TPSA) is 90.2 Å². The molecule has 1 saturated carbocycles. The van der Waals surface area contributed by atoms with Gasteiger partial charge in [-0.05, 0) is 11.1 Å². The Morgan fingerprint density at radius 3 is 2.30 bits per heavy atom. The van der Waals surface area contributed by atoms with Crippen molar-refractivity contribution in [3.8, 4) is 0 Å². The largest absolute Gasteiger partial charge is 0.443 e. The highest BCUT2D eigenvalue weighted by Gasteiger charge is 2.55. The molecule has 1 aliphatic heterocycles. The highest BCUT2D eigenvalue weighted by molar-refractivity contribution is 5.72. The fraction of sp³-hybridized carbons (Fsp3) is 0.381. The number of amides is 1. The van der Waals surface area contributed by atoms with E-state index in [0.29, 0.717) is 0 Å². The molecule has 27 heavy (non-hydrogen) atoms. The first-order valence-electron chi connectivity index (χ1n) is 9.17. The number of benzene rings is 2. The second kappa shape index (κ2) is 7.31. The number of hydrogen-bond acceptors (Lipinski definition) is 5. The van der Waals surface area contributed by atoms with Crippen LogP contribution in [-0.2, 0) is 4.74 Å². The Labute approximate surface area is 157 Å². The average molecular weight is 369 g/mol. The van der Waals surface area contributed by atoms with E-state index in [4.69, 9.17) is 4.74 Å². The van der Waals surface area contributed by atoms with Gasteiger partial charge in [0.1, 0.15) is 6.10 Å². The monoisotopic (exact) mass is 369 g/mol. The van der Waals surface area contributed by atoms with E-state index < -0.39 is 42.4 Å². The van der Waals surface area contributed by atoms with Gasteiger partial charge in [0.25, 0.3) is 0 Å². The van der Waals surface area contributed by atoms with Crippen molar-refractivity contribution in [2.45, 2.75) is 42.7 Å². The summed E-state index contributed by atoms with van der Waals surface area (Å²) in [6.45, 7) is -0.253. The van der Waals surface area contributed by atoms with Gasteiger partial charge in [0.2, 0.25) is 0 Å². The number of hydrogen-bond donors (Lipinski definition) is 3. The molecule has 3 N–H and O–H groups in total. The van der Waals surface area contributed by atoms with Crippen LogP contribution in [-0.4, -0.2) is 57.3 Å². The van der Waals surface area contributed by atoms with Crippen molar-refractivity contribution in [2.75, 3.05) is 6.61 Å². The fourth-order valence-electron chi connectivity index (χ4n) is 4.38. The summed E-state index contributed by atoms with van der Waals surface area (Å²) in [5.74, 6) is -0.524. The SMILES string of the molecule is O=C1O[C@H]2[C@H](c3ccccc3)[C@@H](O)[C@@H](O)C[C@@H]2N1[C@H](CO)c1ccccc1. The molecular weight excluding hydrogens is 346 g/mol. The zero-order valence-electron chi connectivity index (χ0n) is 14.8.